The molecule has 5 rings (SSSR count). The van der Waals surface area contributed by atoms with Crippen LogP contribution >= 0.6 is 11.8 Å². The van der Waals surface area contributed by atoms with E-state index in [1.54, 1.807) is 26.5 Å². The number of amides is 1. The van der Waals surface area contributed by atoms with Crippen molar-refractivity contribution >= 4 is 23.9 Å². The number of carbonyl (C=O) groups is 1. The topological polar surface area (TPSA) is 99.9 Å². The van der Waals surface area contributed by atoms with Crippen LogP contribution in [0.25, 0.3) is 17.1 Å². The lowest BCUT2D eigenvalue weighted by atomic mass is 10.2. The molecule has 0 saturated carbocycles. The van der Waals surface area contributed by atoms with Gasteiger partial charge in [0.1, 0.15) is 12.4 Å². The van der Waals surface area contributed by atoms with Gasteiger partial charge in [0.25, 0.3) is 5.91 Å². The molecule has 0 aliphatic heterocycles. The van der Waals surface area contributed by atoms with Crippen LogP contribution in [0, 0.1) is 6.92 Å². The average Bonchev–Trinajstić information content (AvgIpc) is 3.48. The Morgan fingerprint density at radius 2 is 1.67 bits per heavy atom. The molecule has 1 amide bonds. The van der Waals surface area contributed by atoms with Gasteiger partial charge in [-0.05, 0) is 72.6 Å². The number of hydrogen-bond donors (Lipinski definition) is 1. The zero-order valence-electron chi connectivity index (χ0n) is 24.1. The van der Waals surface area contributed by atoms with Gasteiger partial charge in [-0.3, -0.25) is 9.36 Å². The summed E-state index contributed by atoms with van der Waals surface area (Å²) in [6.45, 7) is 2.46. The third kappa shape index (κ3) is 7.60. The molecule has 0 radical (unpaired) electrons. The van der Waals surface area contributed by atoms with E-state index >= 15 is 0 Å². The van der Waals surface area contributed by atoms with Crippen molar-refractivity contribution in [2.24, 2.45) is 5.10 Å². The summed E-state index contributed by atoms with van der Waals surface area (Å²) in [5.41, 5.74) is 7.31. The predicted molar refractivity (Wildman–Crippen MR) is 168 cm³/mol. The number of carbonyl (C=O) groups excluding carboxylic acids is 1. The number of aromatic nitrogens is 3. The first-order valence-corrected chi connectivity index (χ1v) is 14.5. The Balaban J connectivity index is 1.23. The first kappa shape index (κ1) is 29.4. The molecular weight excluding hydrogens is 562 g/mol. The lowest BCUT2D eigenvalue weighted by Gasteiger charge is -2.11. The Hall–Kier alpha value is -5.09. The third-order valence-corrected chi connectivity index (χ3v) is 7.36. The number of benzene rings is 4. The second-order valence-electron chi connectivity index (χ2n) is 9.47. The number of rotatable bonds is 12. The van der Waals surface area contributed by atoms with E-state index in [2.05, 4.69) is 20.7 Å². The van der Waals surface area contributed by atoms with Crippen LogP contribution in [0.2, 0.25) is 0 Å². The molecule has 9 nitrogen and oxygen atoms in total. The summed E-state index contributed by atoms with van der Waals surface area (Å²) in [6, 6.07) is 31.1. The molecule has 10 heteroatoms. The van der Waals surface area contributed by atoms with Crippen LogP contribution in [0.5, 0.6) is 17.2 Å². The molecule has 0 aliphatic rings. The van der Waals surface area contributed by atoms with E-state index in [1.807, 2.05) is 102 Å². The van der Waals surface area contributed by atoms with E-state index in [9.17, 15) is 4.79 Å². The van der Waals surface area contributed by atoms with Crippen molar-refractivity contribution in [1.82, 2.24) is 20.2 Å². The Morgan fingerprint density at radius 1 is 0.907 bits per heavy atom. The standard InChI is InChI=1S/C33H31N5O4S/c1-23-9-14-27(15-10-23)38-32(26-12-16-28(40-2)17-13-26)36-37-33(38)43-22-31(39)35-34-20-25-11-18-29(30(19-25)41-3)42-21-24-7-5-4-6-8-24/h4-20H,21-22H2,1-3H3,(H,35,39). The van der Waals surface area contributed by atoms with E-state index in [1.165, 1.54) is 11.8 Å². The second kappa shape index (κ2) is 14.2. The molecule has 43 heavy (non-hydrogen) atoms. The van der Waals surface area contributed by atoms with Crippen LogP contribution in [0.4, 0.5) is 0 Å². The summed E-state index contributed by atoms with van der Waals surface area (Å²) in [5, 5.41) is 13.5. The average molecular weight is 594 g/mol. The van der Waals surface area contributed by atoms with Gasteiger partial charge in [0.15, 0.2) is 22.5 Å². The van der Waals surface area contributed by atoms with E-state index in [0.29, 0.717) is 29.1 Å². The number of nitrogens with zero attached hydrogens (tertiary/aromatic N) is 4. The highest BCUT2D eigenvalue weighted by Gasteiger charge is 2.17. The van der Waals surface area contributed by atoms with Gasteiger partial charge in [0.05, 0.1) is 26.2 Å². The van der Waals surface area contributed by atoms with E-state index in [0.717, 1.165) is 33.7 Å². The zero-order chi connectivity index (χ0) is 30.0. The van der Waals surface area contributed by atoms with Crippen LogP contribution in [0.1, 0.15) is 16.7 Å². The van der Waals surface area contributed by atoms with Crippen LogP contribution in [-0.2, 0) is 11.4 Å². The molecule has 0 saturated heterocycles. The molecule has 4 aromatic carbocycles. The lowest BCUT2D eigenvalue weighted by Crippen LogP contribution is -2.20. The first-order chi connectivity index (χ1) is 21.0. The molecule has 5 aromatic rings. The van der Waals surface area contributed by atoms with Crippen molar-refractivity contribution in [2.45, 2.75) is 18.7 Å². The van der Waals surface area contributed by atoms with Crippen molar-refractivity contribution in [1.29, 1.82) is 0 Å². The molecule has 1 heterocycles. The highest BCUT2D eigenvalue weighted by atomic mass is 32.2. The second-order valence-corrected chi connectivity index (χ2v) is 10.4. The minimum absolute atomic E-state index is 0.0968. The van der Waals surface area contributed by atoms with Gasteiger partial charge in [-0.1, -0.05) is 59.8 Å². The number of thioether (sulfide) groups is 1. The predicted octanol–water partition coefficient (Wildman–Crippen LogP) is 6.08. The van der Waals surface area contributed by atoms with E-state index in [-0.39, 0.29) is 11.7 Å². The summed E-state index contributed by atoms with van der Waals surface area (Å²) in [4.78, 5) is 12.7. The summed E-state index contributed by atoms with van der Waals surface area (Å²) in [7, 11) is 3.21. The summed E-state index contributed by atoms with van der Waals surface area (Å²) in [6.07, 6.45) is 1.56. The molecule has 1 aromatic heterocycles. The fourth-order valence-corrected chi connectivity index (χ4v) is 4.92. The van der Waals surface area contributed by atoms with Gasteiger partial charge in [-0.15, -0.1) is 10.2 Å². The highest BCUT2D eigenvalue weighted by molar-refractivity contribution is 7.99. The Morgan fingerprint density at radius 3 is 2.40 bits per heavy atom. The van der Waals surface area contributed by atoms with Crippen LogP contribution in [0.15, 0.2) is 107 Å². The fourth-order valence-electron chi connectivity index (χ4n) is 4.18. The third-order valence-electron chi connectivity index (χ3n) is 6.43. The van der Waals surface area contributed by atoms with E-state index in [4.69, 9.17) is 14.2 Å². The van der Waals surface area contributed by atoms with Gasteiger partial charge >= 0.3 is 0 Å². The van der Waals surface area contributed by atoms with Crippen LogP contribution < -0.4 is 19.6 Å². The molecule has 218 valence electrons. The van der Waals surface area contributed by atoms with E-state index < -0.39 is 0 Å². The Bertz CT molecular complexity index is 1690. The fraction of sp³-hybridized carbons (Fsp3) is 0.152. The molecule has 0 fully saturated rings. The van der Waals surface area contributed by atoms with Gasteiger partial charge < -0.3 is 14.2 Å². The molecule has 0 unspecified atom stereocenters. The number of methoxy groups -OCH3 is 2. The highest BCUT2D eigenvalue weighted by Crippen LogP contribution is 2.30. The SMILES string of the molecule is COc1ccc(-c2nnc(SCC(=O)NN=Cc3ccc(OCc4ccccc4)c(OC)c3)n2-c2ccc(C)cc2)cc1. The van der Waals surface area contributed by atoms with Crippen molar-refractivity contribution in [3.05, 3.63) is 114 Å². The Kier molecular flexibility index (Phi) is 9.71. The number of ether oxygens (including phenoxy) is 3. The summed E-state index contributed by atoms with van der Waals surface area (Å²) < 4.78 is 18.6. The molecule has 1 N–H and O–H groups in total. The number of hydrogen-bond acceptors (Lipinski definition) is 8. The molecule has 0 aliphatic carbocycles. The maximum atomic E-state index is 12.7. The number of nitrogens with one attached hydrogen (secondary N) is 1. The van der Waals surface area contributed by atoms with Gasteiger partial charge in [0.2, 0.25) is 0 Å². The monoisotopic (exact) mass is 593 g/mol. The molecule has 0 bridgehead atoms. The molecule has 0 atom stereocenters. The number of hydrazone groups is 1. The van der Waals surface area contributed by atoms with Gasteiger partial charge in [-0.2, -0.15) is 5.10 Å². The van der Waals surface area contributed by atoms with Crippen molar-refractivity contribution in [3.8, 4) is 34.3 Å². The maximum absolute atomic E-state index is 12.7. The summed E-state index contributed by atoms with van der Waals surface area (Å²) >= 11 is 1.28. The minimum atomic E-state index is -0.277. The smallest absolute Gasteiger partial charge is 0.250 e. The zero-order valence-corrected chi connectivity index (χ0v) is 24.9. The molecule has 0 spiro atoms. The largest absolute Gasteiger partial charge is 0.497 e. The van der Waals surface area contributed by atoms with Crippen molar-refractivity contribution < 1.29 is 19.0 Å². The van der Waals surface area contributed by atoms with Crippen LogP contribution in [-0.4, -0.2) is 46.9 Å². The van der Waals surface area contributed by atoms with Crippen molar-refractivity contribution in [3.63, 3.8) is 0 Å². The normalized spacial score (nSPS) is 11.0. The van der Waals surface area contributed by atoms with Crippen molar-refractivity contribution in [2.75, 3.05) is 20.0 Å². The van der Waals surface area contributed by atoms with Gasteiger partial charge in [0, 0.05) is 11.3 Å². The lowest BCUT2D eigenvalue weighted by molar-refractivity contribution is -0.118. The summed E-state index contributed by atoms with van der Waals surface area (Å²) in [5.74, 6) is 2.43. The minimum Gasteiger partial charge on any atom is -0.497 e. The quantitative estimate of drug-likeness (QED) is 0.106. The molecular formula is C33H31N5O4S. The Labute approximate surface area is 254 Å². The van der Waals surface area contributed by atoms with Gasteiger partial charge in [-0.25, -0.2) is 5.43 Å². The first-order valence-electron chi connectivity index (χ1n) is 13.5. The van der Waals surface area contributed by atoms with Crippen LogP contribution in [0.3, 0.4) is 0 Å². The number of aryl methyl sites for hydroxylation is 1. The maximum Gasteiger partial charge on any atom is 0.250 e.